The van der Waals surface area contributed by atoms with Crippen LogP contribution in [0.1, 0.15) is 52.5 Å². The van der Waals surface area contributed by atoms with E-state index in [9.17, 15) is 9.59 Å². The average molecular weight is 438 g/mol. The highest BCUT2D eigenvalue weighted by atomic mass is 79.9. The highest BCUT2D eigenvalue weighted by Gasteiger charge is 2.22. The van der Waals surface area contributed by atoms with Gasteiger partial charge in [0.2, 0.25) is 5.91 Å². The molecule has 4 N–H and O–H groups in total. The smallest absolute Gasteiger partial charge is 0.408 e. The predicted molar refractivity (Wildman–Crippen MR) is 111 cm³/mol. The molecule has 0 aromatic heterocycles. The normalized spacial score (nSPS) is 11.7. The van der Waals surface area contributed by atoms with E-state index in [1.807, 2.05) is 19.1 Å². The number of carbonyl (C=O) groups is 2. The van der Waals surface area contributed by atoms with Gasteiger partial charge in [-0.05, 0) is 51.8 Å². The molecule has 0 bridgehead atoms. The molecule has 0 radical (unpaired) electrons. The molecule has 1 atom stereocenters. The molecular weight excluding hydrogens is 410 g/mol. The molecular formula is C20H28BrN3O3. The van der Waals surface area contributed by atoms with Gasteiger partial charge in [0.05, 0.1) is 0 Å². The van der Waals surface area contributed by atoms with Gasteiger partial charge in [0.15, 0.2) is 0 Å². The molecule has 148 valence electrons. The first-order chi connectivity index (χ1) is 12.6. The number of rotatable bonds is 6. The molecule has 0 aliphatic carbocycles. The lowest BCUT2D eigenvalue weighted by Gasteiger charge is -2.22. The Labute approximate surface area is 169 Å². The lowest BCUT2D eigenvalue weighted by molar-refractivity contribution is -0.123. The lowest BCUT2D eigenvalue weighted by atomic mass is 10.2. The maximum atomic E-state index is 12.2. The van der Waals surface area contributed by atoms with Crippen molar-refractivity contribution in [3.8, 4) is 11.8 Å². The van der Waals surface area contributed by atoms with Gasteiger partial charge in [-0.3, -0.25) is 4.79 Å². The Morgan fingerprint density at radius 3 is 2.67 bits per heavy atom. The predicted octanol–water partition coefficient (Wildman–Crippen LogP) is 3.58. The first kappa shape index (κ1) is 22.8. The van der Waals surface area contributed by atoms with E-state index in [0.717, 1.165) is 10.0 Å². The topological polar surface area (TPSA) is 93.4 Å². The molecule has 1 unspecified atom stereocenters. The number of carbonyl (C=O) groups excluding carboxylic acids is 2. The van der Waals surface area contributed by atoms with Gasteiger partial charge in [-0.1, -0.05) is 34.7 Å². The first-order valence-corrected chi connectivity index (χ1v) is 9.72. The fourth-order valence-electron chi connectivity index (χ4n) is 2.11. The molecule has 1 rings (SSSR count). The molecule has 6 nitrogen and oxygen atoms in total. The number of anilines is 1. The zero-order valence-electron chi connectivity index (χ0n) is 16.3. The van der Waals surface area contributed by atoms with Gasteiger partial charge in [0.1, 0.15) is 11.6 Å². The van der Waals surface area contributed by atoms with E-state index in [1.165, 1.54) is 0 Å². The molecule has 0 aliphatic heterocycles. The van der Waals surface area contributed by atoms with Crippen molar-refractivity contribution in [2.45, 2.75) is 58.6 Å². The summed E-state index contributed by atoms with van der Waals surface area (Å²) < 4.78 is 6.10. The molecule has 7 heteroatoms. The van der Waals surface area contributed by atoms with E-state index in [2.05, 4.69) is 38.4 Å². The summed E-state index contributed by atoms with van der Waals surface area (Å²) in [7, 11) is 0. The maximum Gasteiger partial charge on any atom is 0.408 e. The summed E-state index contributed by atoms with van der Waals surface area (Å²) in [5, 5.41) is 5.40. The standard InChI is InChI=1S/C20H28BrN3O3/c1-5-17(24-19(26)27-20(2,3)4)18(25)23-12-8-6-7-9-14-13-15(21)10-11-16(14)22/h10-11,13,17H,5-6,8,12,22H2,1-4H3,(H,23,25)(H,24,26). The van der Waals surface area contributed by atoms with Crippen LogP contribution in [0.2, 0.25) is 0 Å². The van der Waals surface area contributed by atoms with Crippen LogP contribution in [0.5, 0.6) is 0 Å². The highest BCUT2D eigenvalue weighted by Crippen LogP contribution is 2.17. The number of nitrogen functional groups attached to an aromatic ring is 1. The Morgan fingerprint density at radius 2 is 2.04 bits per heavy atom. The number of hydrogen-bond acceptors (Lipinski definition) is 4. The Kier molecular flexibility index (Phi) is 9.16. The summed E-state index contributed by atoms with van der Waals surface area (Å²) in [5.74, 6) is 5.86. The van der Waals surface area contributed by atoms with Crippen molar-refractivity contribution in [2.24, 2.45) is 0 Å². The number of amides is 2. The molecule has 0 saturated heterocycles. The summed E-state index contributed by atoms with van der Waals surface area (Å²) in [6.07, 6.45) is 1.22. The van der Waals surface area contributed by atoms with Gasteiger partial charge in [0.25, 0.3) is 0 Å². The second-order valence-electron chi connectivity index (χ2n) is 7.03. The van der Waals surface area contributed by atoms with Crippen LogP contribution in [-0.2, 0) is 9.53 Å². The molecule has 0 heterocycles. The fraction of sp³-hybridized carbons (Fsp3) is 0.500. The molecule has 1 aromatic rings. The van der Waals surface area contributed by atoms with Gasteiger partial charge in [-0.15, -0.1) is 0 Å². The number of alkyl carbamates (subject to hydrolysis) is 1. The van der Waals surface area contributed by atoms with Crippen LogP contribution in [0, 0.1) is 11.8 Å². The minimum absolute atomic E-state index is 0.229. The van der Waals surface area contributed by atoms with Crippen LogP contribution in [0.4, 0.5) is 10.5 Å². The van der Waals surface area contributed by atoms with E-state index in [1.54, 1.807) is 26.8 Å². The van der Waals surface area contributed by atoms with Gasteiger partial charge >= 0.3 is 6.09 Å². The summed E-state index contributed by atoms with van der Waals surface area (Å²) in [6.45, 7) is 7.63. The number of nitrogens with one attached hydrogen (secondary N) is 2. The molecule has 27 heavy (non-hydrogen) atoms. The van der Waals surface area contributed by atoms with Crippen molar-refractivity contribution >= 4 is 33.6 Å². The Balaban J connectivity index is 2.38. The van der Waals surface area contributed by atoms with Crippen molar-refractivity contribution in [1.82, 2.24) is 10.6 Å². The van der Waals surface area contributed by atoms with Gasteiger partial charge in [-0.2, -0.15) is 0 Å². The molecule has 0 aliphatic rings. The zero-order valence-corrected chi connectivity index (χ0v) is 17.9. The second kappa shape index (κ2) is 10.8. The van der Waals surface area contributed by atoms with E-state index in [0.29, 0.717) is 31.5 Å². The molecule has 0 spiro atoms. The third-order valence-corrected chi connectivity index (χ3v) is 3.93. The van der Waals surface area contributed by atoms with Crippen LogP contribution in [0.25, 0.3) is 0 Å². The van der Waals surface area contributed by atoms with Crippen LogP contribution in [-0.4, -0.2) is 30.2 Å². The van der Waals surface area contributed by atoms with E-state index >= 15 is 0 Å². The van der Waals surface area contributed by atoms with Gasteiger partial charge in [0, 0.05) is 28.7 Å². The van der Waals surface area contributed by atoms with Crippen LogP contribution in [0.15, 0.2) is 22.7 Å². The minimum atomic E-state index is -0.618. The van der Waals surface area contributed by atoms with E-state index in [4.69, 9.17) is 10.5 Å². The van der Waals surface area contributed by atoms with Crippen molar-refractivity contribution in [1.29, 1.82) is 0 Å². The van der Waals surface area contributed by atoms with Gasteiger partial charge in [-0.25, -0.2) is 4.79 Å². The Bertz CT molecular complexity index is 717. The Hall–Kier alpha value is -2.20. The third-order valence-electron chi connectivity index (χ3n) is 3.43. The highest BCUT2D eigenvalue weighted by molar-refractivity contribution is 9.10. The fourth-order valence-corrected chi connectivity index (χ4v) is 2.47. The molecule has 0 fully saturated rings. The van der Waals surface area contributed by atoms with E-state index < -0.39 is 17.7 Å². The Morgan fingerprint density at radius 1 is 1.33 bits per heavy atom. The maximum absolute atomic E-state index is 12.2. The number of unbranched alkanes of at least 4 members (excludes halogenated alkanes) is 1. The summed E-state index contributed by atoms with van der Waals surface area (Å²) in [5.41, 5.74) is 6.69. The van der Waals surface area contributed by atoms with Crippen LogP contribution >= 0.6 is 15.9 Å². The number of nitrogens with two attached hydrogens (primary N) is 1. The summed E-state index contributed by atoms with van der Waals surface area (Å²) in [4.78, 5) is 24.0. The molecule has 1 aromatic carbocycles. The largest absolute Gasteiger partial charge is 0.444 e. The second-order valence-corrected chi connectivity index (χ2v) is 7.95. The SMILES string of the molecule is CCC(NC(=O)OC(C)(C)C)C(=O)NCCCC#Cc1cc(Br)ccc1N. The van der Waals surface area contributed by atoms with E-state index in [-0.39, 0.29) is 5.91 Å². The van der Waals surface area contributed by atoms with Crippen molar-refractivity contribution in [3.63, 3.8) is 0 Å². The monoisotopic (exact) mass is 437 g/mol. The quantitative estimate of drug-likeness (QED) is 0.360. The zero-order chi connectivity index (χ0) is 20.4. The number of benzene rings is 1. The number of ether oxygens (including phenoxy) is 1. The van der Waals surface area contributed by atoms with Crippen molar-refractivity contribution < 1.29 is 14.3 Å². The molecule has 2 amide bonds. The number of hydrogen-bond donors (Lipinski definition) is 3. The van der Waals surface area contributed by atoms with Crippen molar-refractivity contribution in [2.75, 3.05) is 12.3 Å². The third kappa shape index (κ3) is 9.34. The lowest BCUT2D eigenvalue weighted by Crippen LogP contribution is -2.48. The minimum Gasteiger partial charge on any atom is -0.444 e. The van der Waals surface area contributed by atoms with Crippen molar-refractivity contribution in [3.05, 3.63) is 28.2 Å². The van der Waals surface area contributed by atoms with Gasteiger partial charge < -0.3 is 21.1 Å². The van der Waals surface area contributed by atoms with Crippen LogP contribution < -0.4 is 16.4 Å². The first-order valence-electron chi connectivity index (χ1n) is 8.93. The summed E-state index contributed by atoms with van der Waals surface area (Å²) in [6, 6.07) is 4.92. The van der Waals surface area contributed by atoms with Crippen LogP contribution in [0.3, 0.4) is 0 Å². The molecule has 0 saturated carbocycles. The average Bonchev–Trinajstić information content (AvgIpc) is 2.56. The number of halogens is 1. The summed E-state index contributed by atoms with van der Waals surface area (Å²) >= 11 is 3.39.